The van der Waals surface area contributed by atoms with Gasteiger partial charge in [0.25, 0.3) is 0 Å². The molecule has 2 unspecified atom stereocenters. The van der Waals surface area contributed by atoms with Crippen molar-refractivity contribution in [2.24, 2.45) is 0 Å². The van der Waals surface area contributed by atoms with E-state index in [-0.39, 0.29) is 5.37 Å². The summed E-state index contributed by atoms with van der Waals surface area (Å²) in [7, 11) is 0. The minimum absolute atomic E-state index is 0.0472. The average Bonchev–Trinajstić information content (AvgIpc) is 2.79. The van der Waals surface area contributed by atoms with E-state index in [4.69, 9.17) is 9.84 Å². The Kier molecular flexibility index (Phi) is 4.14. The second-order valence-corrected chi connectivity index (χ2v) is 5.70. The van der Waals surface area contributed by atoms with Crippen molar-refractivity contribution in [1.82, 2.24) is 5.32 Å². The van der Waals surface area contributed by atoms with E-state index in [1.54, 1.807) is 11.8 Å². The van der Waals surface area contributed by atoms with Crippen LogP contribution in [0.5, 0.6) is 5.75 Å². The van der Waals surface area contributed by atoms with Crippen molar-refractivity contribution in [3.63, 3.8) is 0 Å². The third kappa shape index (κ3) is 3.17. The van der Waals surface area contributed by atoms with E-state index in [1.165, 1.54) is 0 Å². The van der Waals surface area contributed by atoms with Gasteiger partial charge in [0.2, 0.25) is 0 Å². The summed E-state index contributed by atoms with van der Waals surface area (Å²) in [5, 5.41) is 12.0. The molecule has 5 heteroatoms. The smallest absolute Gasteiger partial charge is 0.321 e. The zero-order valence-electron chi connectivity index (χ0n) is 10.5. The molecule has 18 heavy (non-hydrogen) atoms. The molecule has 1 saturated heterocycles. The fraction of sp³-hybridized carbons (Fsp3) is 0.462. The summed E-state index contributed by atoms with van der Waals surface area (Å²) in [6.07, 6.45) is 0. The van der Waals surface area contributed by atoms with Gasteiger partial charge in [0, 0.05) is 5.75 Å². The van der Waals surface area contributed by atoms with Crippen molar-refractivity contribution < 1.29 is 14.6 Å². The fourth-order valence-corrected chi connectivity index (χ4v) is 2.89. The van der Waals surface area contributed by atoms with E-state index in [0.717, 1.165) is 16.9 Å². The van der Waals surface area contributed by atoms with E-state index >= 15 is 0 Å². The molecule has 1 aliphatic heterocycles. The van der Waals surface area contributed by atoms with E-state index in [9.17, 15) is 4.79 Å². The van der Waals surface area contributed by atoms with Crippen LogP contribution in [0.1, 0.15) is 11.1 Å². The van der Waals surface area contributed by atoms with Gasteiger partial charge in [-0.15, -0.1) is 11.8 Å². The maximum Gasteiger partial charge on any atom is 0.321 e. The Labute approximate surface area is 111 Å². The van der Waals surface area contributed by atoms with Crippen molar-refractivity contribution in [2.45, 2.75) is 25.3 Å². The predicted octanol–water partition coefficient (Wildman–Crippen LogP) is 1.80. The van der Waals surface area contributed by atoms with Crippen molar-refractivity contribution in [3.05, 3.63) is 29.3 Å². The lowest BCUT2D eigenvalue weighted by Crippen LogP contribution is -2.38. The van der Waals surface area contributed by atoms with Crippen LogP contribution >= 0.6 is 11.8 Å². The number of aliphatic carboxylic acids is 1. The highest BCUT2D eigenvalue weighted by molar-refractivity contribution is 8.00. The van der Waals surface area contributed by atoms with Crippen LogP contribution in [0.4, 0.5) is 0 Å². The van der Waals surface area contributed by atoms with Gasteiger partial charge in [0.05, 0.1) is 5.37 Å². The Morgan fingerprint density at radius 1 is 1.56 bits per heavy atom. The van der Waals surface area contributed by atoms with Crippen molar-refractivity contribution in [2.75, 3.05) is 12.4 Å². The Morgan fingerprint density at radius 2 is 2.33 bits per heavy atom. The Hall–Kier alpha value is -1.20. The normalized spacial score (nSPS) is 23.0. The lowest BCUT2D eigenvalue weighted by Gasteiger charge is -2.14. The van der Waals surface area contributed by atoms with Crippen LogP contribution in [-0.2, 0) is 4.79 Å². The predicted molar refractivity (Wildman–Crippen MR) is 72.2 cm³/mol. The monoisotopic (exact) mass is 267 g/mol. The first-order chi connectivity index (χ1) is 8.56. The van der Waals surface area contributed by atoms with E-state index in [0.29, 0.717) is 12.4 Å². The number of hydrogen-bond donors (Lipinski definition) is 2. The summed E-state index contributed by atoms with van der Waals surface area (Å²) in [5.74, 6) is 0.670. The molecule has 0 radical (unpaired) electrons. The van der Waals surface area contributed by atoms with E-state index in [2.05, 4.69) is 5.32 Å². The maximum atomic E-state index is 10.8. The third-order valence-electron chi connectivity index (χ3n) is 2.88. The van der Waals surface area contributed by atoms with Gasteiger partial charge in [-0.05, 0) is 31.0 Å². The van der Waals surface area contributed by atoms with Crippen LogP contribution in [0, 0.1) is 13.8 Å². The van der Waals surface area contributed by atoms with Crippen molar-refractivity contribution in [3.8, 4) is 5.75 Å². The van der Waals surface area contributed by atoms with E-state index < -0.39 is 12.0 Å². The molecule has 2 N–H and O–H groups in total. The van der Waals surface area contributed by atoms with E-state index in [1.807, 2.05) is 32.0 Å². The summed E-state index contributed by atoms with van der Waals surface area (Å²) in [6, 6.07) is 5.62. The highest BCUT2D eigenvalue weighted by Crippen LogP contribution is 2.23. The summed E-state index contributed by atoms with van der Waals surface area (Å²) in [6.45, 7) is 4.51. The molecule has 0 aliphatic carbocycles. The fourth-order valence-electron chi connectivity index (χ4n) is 1.80. The molecule has 1 fully saturated rings. The quantitative estimate of drug-likeness (QED) is 0.871. The van der Waals surface area contributed by atoms with Crippen LogP contribution in [0.15, 0.2) is 18.2 Å². The Morgan fingerprint density at radius 3 is 3.00 bits per heavy atom. The van der Waals surface area contributed by atoms with Crippen molar-refractivity contribution in [1.29, 1.82) is 0 Å². The third-order valence-corrected chi connectivity index (χ3v) is 4.08. The first kappa shape index (κ1) is 13.2. The van der Waals surface area contributed by atoms with Crippen LogP contribution in [0.25, 0.3) is 0 Å². The van der Waals surface area contributed by atoms with Gasteiger partial charge in [-0.25, -0.2) is 0 Å². The maximum absolute atomic E-state index is 10.8. The molecule has 1 aliphatic rings. The standard InChI is InChI=1S/C13H17NO3S/c1-8-3-4-9(2)11(5-8)17-6-12-14-10(7-18-12)13(15)16/h3-5,10,12,14H,6-7H2,1-2H3,(H,15,16). The number of aryl methyl sites for hydroxylation is 2. The number of ether oxygens (including phenoxy) is 1. The molecule has 2 atom stereocenters. The number of hydrogen-bond acceptors (Lipinski definition) is 4. The molecule has 1 aromatic rings. The molecule has 2 rings (SSSR count). The Bertz CT molecular complexity index is 450. The number of rotatable bonds is 4. The molecular weight excluding hydrogens is 250 g/mol. The van der Waals surface area contributed by atoms with Gasteiger partial charge in [-0.2, -0.15) is 0 Å². The van der Waals surface area contributed by atoms with Gasteiger partial charge < -0.3 is 9.84 Å². The van der Waals surface area contributed by atoms with Gasteiger partial charge in [0.15, 0.2) is 0 Å². The number of carboxylic acids is 1. The topological polar surface area (TPSA) is 58.6 Å². The zero-order valence-corrected chi connectivity index (χ0v) is 11.3. The Balaban J connectivity index is 1.89. The first-order valence-corrected chi connectivity index (χ1v) is 6.91. The minimum Gasteiger partial charge on any atom is -0.491 e. The number of nitrogens with one attached hydrogen (secondary N) is 1. The molecule has 0 amide bonds. The molecule has 98 valence electrons. The molecule has 0 spiro atoms. The SMILES string of the molecule is Cc1ccc(C)c(OCC2NC(C(=O)O)CS2)c1. The van der Waals surface area contributed by atoms with Crippen LogP contribution in [0.3, 0.4) is 0 Å². The van der Waals surface area contributed by atoms with Gasteiger partial charge in [-0.1, -0.05) is 12.1 Å². The van der Waals surface area contributed by atoms with Gasteiger partial charge >= 0.3 is 5.97 Å². The summed E-state index contributed by atoms with van der Waals surface area (Å²) >= 11 is 1.59. The first-order valence-electron chi connectivity index (χ1n) is 5.87. The largest absolute Gasteiger partial charge is 0.491 e. The zero-order chi connectivity index (χ0) is 13.1. The second-order valence-electron chi connectivity index (χ2n) is 4.46. The number of carbonyl (C=O) groups is 1. The lowest BCUT2D eigenvalue weighted by atomic mass is 10.1. The summed E-state index contributed by atoms with van der Waals surface area (Å²) < 4.78 is 5.75. The van der Waals surface area contributed by atoms with Crippen LogP contribution in [0.2, 0.25) is 0 Å². The highest BCUT2D eigenvalue weighted by Gasteiger charge is 2.29. The summed E-state index contributed by atoms with van der Waals surface area (Å²) in [5.41, 5.74) is 2.25. The van der Waals surface area contributed by atoms with Gasteiger partial charge in [0.1, 0.15) is 18.4 Å². The summed E-state index contributed by atoms with van der Waals surface area (Å²) in [4.78, 5) is 10.8. The molecule has 1 aromatic carbocycles. The second kappa shape index (κ2) is 5.63. The number of benzene rings is 1. The molecule has 0 aromatic heterocycles. The molecule has 0 saturated carbocycles. The average molecular weight is 267 g/mol. The lowest BCUT2D eigenvalue weighted by molar-refractivity contribution is -0.138. The molecule has 0 bridgehead atoms. The molecule has 4 nitrogen and oxygen atoms in total. The molecular formula is C13H17NO3S. The molecule has 1 heterocycles. The number of carboxylic acid groups (broad SMARTS) is 1. The van der Waals surface area contributed by atoms with Crippen molar-refractivity contribution >= 4 is 17.7 Å². The number of thioether (sulfide) groups is 1. The minimum atomic E-state index is -0.795. The van der Waals surface area contributed by atoms with Crippen LogP contribution < -0.4 is 10.1 Å². The van der Waals surface area contributed by atoms with Gasteiger partial charge in [-0.3, -0.25) is 10.1 Å². The highest BCUT2D eigenvalue weighted by atomic mass is 32.2. The van der Waals surface area contributed by atoms with Crippen LogP contribution in [-0.4, -0.2) is 34.9 Å².